The topological polar surface area (TPSA) is 40.5 Å². The molecule has 0 aromatic rings. The molecule has 1 unspecified atom stereocenters. The van der Waals surface area contributed by atoms with Crippen molar-refractivity contribution >= 4 is 0 Å². The Bertz CT molecular complexity index is 259. The van der Waals surface area contributed by atoms with Crippen LogP contribution in [-0.2, 0) is 0 Å². The highest BCUT2D eigenvalue weighted by Crippen LogP contribution is 2.27. The molecule has 0 aromatic carbocycles. The van der Waals surface area contributed by atoms with E-state index in [1.165, 1.54) is 0 Å². The number of aliphatic hydroxyl groups is 2. The zero-order valence-electron chi connectivity index (χ0n) is 8.07. The van der Waals surface area contributed by atoms with Gasteiger partial charge in [0, 0.05) is 5.57 Å². The molecular weight excluding hydrogens is 164 g/mol. The lowest BCUT2D eigenvalue weighted by atomic mass is 9.88. The summed E-state index contributed by atoms with van der Waals surface area (Å²) in [5.74, 6) is 0.373. The van der Waals surface area contributed by atoms with E-state index in [-0.39, 0.29) is 0 Å². The van der Waals surface area contributed by atoms with Crippen LogP contribution in [-0.4, -0.2) is 16.5 Å². The van der Waals surface area contributed by atoms with Gasteiger partial charge in [-0.1, -0.05) is 31.2 Å². The molecule has 0 saturated carbocycles. The first-order valence-corrected chi connectivity index (χ1v) is 4.56. The van der Waals surface area contributed by atoms with Gasteiger partial charge in [0.05, 0.1) is 0 Å². The molecule has 1 aliphatic carbocycles. The molecule has 0 radical (unpaired) electrons. The summed E-state index contributed by atoms with van der Waals surface area (Å²) < 4.78 is 0. The summed E-state index contributed by atoms with van der Waals surface area (Å²) in [6, 6.07) is 0. The third-order valence-corrected chi connectivity index (χ3v) is 2.28. The highest BCUT2D eigenvalue weighted by atomic mass is 16.5. The van der Waals surface area contributed by atoms with Gasteiger partial charge in [0.25, 0.3) is 0 Å². The summed E-state index contributed by atoms with van der Waals surface area (Å²) in [5, 5.41) is 18.2. The van der Waals surface area contributed by atoms with E-state index in [1.54, 1.807) is 6.08 Å². The Hall–Kier alpha value is -0.860. The van der Waals surface area contributed by atoms with Gasteiger partial charge >= 0.3 is 0 Å². The van der Waals surface area contributed by atoms with Crippen LogP contribution in [0.15, 0.2) is 35.5 Å². The molecule has 0 amide bonds. The number of hydrogen-bond donors (Lipinski definition) is 2. The Labute approximate surface area is 78.9 Å². The lowest BCUT2D eigenvalue weighted by molar-refractivity contribution is -0.00608. The van der Waals surface area contributed by atoms with Crippen molar-refractivity contribution in [3.05, 3.63) is 35.5 Å². The van der Waals surface area contributed by atoms with Crippen LogP contribution in [0.1, 0.15) is 20.3 Å². The van der Waals surface area contributed by atoms with Gasteiger partial charge in [-0.25, -0.2) is 0 Å². The number of allylic oxidation sites excluding steroid dienone is 4. The van der Waals surface area contributed by atoms with Crippen molar-refractivity contribution in [1.82, 2.24) is 0 Å². The average Bonchev–Trinajstić information content (AvgIpc) is 2.08. The van der Waals surface area contributed by atoms with Crippen LogP contribution in [0.3, 0.4) is 0 Å². The fraction of sp³-hybridized carbons (Fsp3) is 0.455. The molecule has 1 atom stereocenters. The Morgan fingerprint density at radius 2 is 2.23 bits per heavy atom. The van der Waals surface area contributed by atoms with Crippen LogP contribution in [0.25, 0.3) is 0 Å². The van der Waals surface area contributed by atoms with E-state index in [9.17, 15) is 0 Å². The predicted octanol–water partition coefficient (Wildman–Crippen LogP) is 1.77. The van der Waals surface area contributed by atoms with Crippen molar-refractivity contribution in [1.29, 1.82) is 0 Å². The van der Waals surface area contributed by atoms with Crippen LogP contribution in [0, 0.1) is 5.92 Å². The van der Waals surface area contributed by atoms with Gasteiger partial charge in [-0.2, -0.15) is 0 Å². The van der Waals surface area contributed by atoms with E-state index in [1.807, 2.05) is 25.2 Å². The van der Waals surface area contributed by atoms with E-state index >= 15 is 0 Å². The monoisotopic (exact) mass is 180 g/mol. The smallest absolute Gasteiger partial charge is 0.178 e. The summed E-state index contributed by atoms with van der Waals surface area (Å²) in [4.78, 5) is 0. The van der Waals surface area contributed by atoms with Crippen LogP contribution in [0.4, 0.5) is 0 Å². The number of rotatable bonds is 2. The van der Waals surface area contributed by atoms with Crippen molar-refractivity contribution in [3.63, 3.8) is 0 Å². The van der Waals surface area contributed by atoms with E-state index < -0.39 is 6.29 Å². The molecule has 13 heavy (non-hydrogen) atoms. The van der Waals surface area contributed by atoms with Crippen molar-refractivity contribution in [2.45, 2.75) is 26.6 Å². The summed E-state index contributed by atoms with van der Waals surface area (Å²) in [7, 11) is 0. The van der Waals surface area contributed by atoms with E-state index in [0.717, 1.165) is 12.0 Å². The summed E-state index contributed by atoms with van der Waals surface area (Å²) >= 11 is 0. The molecular formula is C11H16O2. The maximum atomic E-state index is 9.10. The fourth-order valence-corrected chi connectivity index (χ4v) is 1.58. The molecule has 0 aromatic heterocycles. The van der Waals surface area contributed by atoms with Gasteiger partial charge in [-0.05, 0) is 24.8 Å². The minimum Gasteiger partial charge on any atom is -0.364 e. The van der Waals surface area contributed by atoms with E-state index in [0.29, 0.717) is 11.5 Å². The molecule has 72 valence electrons. The highest BCUT2D eigenvalue weighted by molar-refractivity contribution is 5.39. The molecule has 0 bridgehead atoms. The second-order valence-electron chi connectivity index (χ2n) is 3.32. The van der Waals surface area contributed by atoms with Crippen molar-refractivity contribution in [2.75, 3.05) is 0 Å². The third-order valence-electron chi connectivity index (χ3n) is 2.28. The Morgan fingerprint density at radius 3 is 2.77 bits per heavy atom. The predicted molar refractivity (Wildman–Crippen MR) is 53.0 cm³/mol. The van der Waals surface area contributed by atoms with Crippen LogP contribution < -0.4 is 0 Å². The zero-order chi connectivity index (χ0) is 9.84. The lowest BCUT2D eigenvalue weighted by Crippen LogP contribution is -2.14. The average molecular weight is 180 g/mol. The molecule has 1 rings (SSSR count). The van der Waals surface area contributed by atoms with E-state index in [2.05, 4.69) is 6.92 Å². The maximum absolute atomic E-state index is 9.10. The summed E-state index contributed by atoms with van der Waals surface area (Å²) in [5.41, 5.74) is 1.65. The van der Waals surface area contributed by atoms with Crippen molar-refractivity contribution < 1.29 is 10.2 Å². The quantitative estimate of drug-likeness (QED) is 0.636. The summed E-state index contributed by atoms with van der Waals surface area (Å²) in [6.45, 7) is 4.01. The first-order chi connectivity index (χ1) is 6.16. The molecule has 2 N–H and O–H groups in total. The molecule has 0 heterocycles. The van der Waals surface area contributed by atoms with Crippen LogP contribution in [0.5, 0.6) is 0 Å². The minimum absolute atomic E-state index is 0.373. The second kappa shape index (κ2) is 4.40. The fourth-order valence-electron chi connectivity index (χ4n) is 1.58. The molecule has 2 heteroatoms. The van der Waals surface area contributed by atoms with Gasteiger partial charge in [0.2, 0.25) is 0 Å². The zero-order valence-corrected chi connectivity index (χ0v) is 8.07. The van der Waals surface area contributed by atoms with Crippen molar-refractivity contribution in [3.8, 4) is 0 Å². The number of hydrogen-bond acceptors (Lipinski definition) is 2. The minimum atomic E-state index is -1.36. The van der Waals surface area contributed by atoms with Gasteiger partial charge in [0.1, 0.15) is 0 Å². The second-order valence-corrected chi connectivity index (χ2v) is 3.32. The van der Waals surface area contributed by atoms with Gasteiger partial charge < -0.3 is 10.2 Å². The number of aliphatic hydroxyl groups excluding tert-OH is 1. The first-order valence-electron chi connectivity index (χ1n) is 4.56. The normalized spacial score (nSPS) is 23.6. The molecule has 0 aliphatic heterocycles. The Balaban J connectivity index is 3.04. The maximum Gasteiger partial charge on any atom is 0.178 e. The largest absolute Gasteiger partial charge is 0.364 e. The first kappa shape index (κ1) is 10.2. The van der Waals surface area contributed by atoms with E-state index in [4.69, 9.17) is 10.2 Å². The van der Waals surface area contributed by atoms with Gasteiger partial charge in [-0.3, -0.25) is 0 Å². The van der Waals surface area contributed by atoms with Gasteiger partial charge in [-0.15, -0.1) is 0 Å². The summed E-state index contributed by atoms with van der Waals surface area (Å²) in [6.07, 6.45) is 7.25. The Morgan fingerprint density at radius 1 is 1.54 bits per heavy atom. The van der Waals surface area contributed by atoms with Crippen molar-refractivity contribution in [2.24, 2.45) is 5.92 Å². The highest BCUT2D eigenvalue weighted by Gasteiger charge is 2.17. The molecule has 1 aliphatic rings. The SMILES string of the molecule is C/C=C/C1=C(C(O)O)C=CCC1C. The molecule has 0 saturated heterocycles. The standard InChI is InChI=1S/C11H16O2/c1-3-5-9-8(2)6-4-7-10(9)11(12)13/h3-5,7-8,11-13H,6H2,1-2H3/b5-3+. The molecule has 0 spiro atoms. The molecule has 2 nitrogen and oxygen atoms in total. The molecule has 0 fully saturated rings. The van der Waals surface area contributed by atoms with Gasteiger partial charge in [0.15, 0.2) is 6.29 Å². The van der Waals surface area contributed by atoms with Crippen LogP contribution in [0.2, 0.25) is 0 Å². The third kappa shape index (κ3) is 2.29. The van der Waals surface area contributed by atoms with Crippen LogP contribution >= 0.6 is 0 Å². The Kier molecular flexibility index (Phi) is 3.46. The lowest BCUT2D eigenvalue weighted by Gasteiger charge is -2.20.